The topological polar surface area (TPSA) is 38.0 Å². The molecule has 0 aliphatic heterocycles. The molecule has 3 nitrogen and oxygen atoms in total. The Kier molecular flexibility index (Phi) is 5.57. The molecule has 2 rings (SSSR count). The van der Waals surface area contributed by atoms with Crippen molar-refractivity contribution in [2.45, 2.75) is 39.3 Å². The Labute approximate surface area is 140 Å². The summed E-state index contributed by atoms with van der Waals surface area (Å²) in [7, 11) is 0. The molecule has 1 aromatic heterocycles. The van der Waals surface area contributed by atoms with Gasteiger partial charge in [0.15, 0.2) is 0 Å². The SMILES string of the molecule is CCc1nn(CC)c(CC(O)c2cccc(Br)c2F)c1Br. The van der Waals surface area contributed by atoms with Crippen LogP contribution in [0.1, 0.15) is 36.9 Å². The number of aromatic nitrogens is 2. The number of aryl methyl sites for hydroxylation is 2. The van der Waals surface area contributed by atoms with E-state index in [1.807, 2.05) is 18.5 Å². The van der Waals surface area contributed by atoms with Gasteiger partial charge >= 0.3 is 0 Å². The van der Waals surface area contributed by atoms with Crippen LogP contribution in [0.4, 0.5) is 4.39 Å². The van der Waals surface area contributed by atoms with E-state index in [-0.39, 0.29) is 5.56 Å². The number of hydrogen-bond acceptors (Lipinski definition) is 2. The van der Waals surface area contributed by atoms with Crippen molar-refractivity contribution in [1.82, 2.24) is 9.78 Å². The minimum atomic E-state index is -0.912. The Balaban J connectivity index is 2.33. The predicted molar refractivity (Wildman–Crippen MR) is 87.7 cm³/mol. The molecule has 0 saturated carbocycles. The van der Waals surface area contributed by atoms with Gasteiger partial charge in [0.1, 0.15) is 5.82 Å². The van der Waals surface area contributed by atoms with Gasteiger partial charge in [-0.15, -0.1) is 0 Å². The smallest absolute Gasteiger partial charge is 0.143 e. The molecule has 0 bridgehead atoms. The molecule has 0 aliphatic carbocycles. The minimum Gasteiger partial charge on any atom is -0.388 e. The maximum absolute atomic E-state index is 14.1. The minimum absolute atomic E-state index is 0.290. The van der Waals surface area contributed by atoms with E-state index in [1.165, 1.54) is 0 Å². The van der Waals surface area contributed by atoms with Crippen LogP contribution in [0, 0.1) is 5.82 Å². The first-order valence-electron chi connectivity index (χ1n) is 6.85. The molecule has 1 unspecified atom stereocenters. The van der Waals surface area contributed by atoms with Crippen LogP contribution >= 0.6 is 31.9 Å². The van der Waals surface area contributed by atoms with E-state index in [2.05, 4.69) is 37.0 Å². The predicted octanol–water partition coefficient (Wildman–Crippen LogP) is 4.41. The zero-order chi connectivity index (χ0) is 15.6. The molecule has 1 atom stereocenters. The van der Waals surface area contributed by atoms with Crippen molar-refractivity contribution in [3.63, 3.8) is 0 Å². The summed E-state index contributed by atoms with van der Waals surface area (Å²) in [5.41, 5.74) is 2.13. The standard InChI is InChI=1S/C15H17Br2FN2O/c1-3-11-14(17)12(20(4-2)19-11)8-13(21)9-6-5-7-10(16)15(9)18/h5-7,13,21H,3-4,8H2,1-2H3. The lowest BCUT2D eigenvalue weighted by Crippen LogP contribution is -2.10. The lowest BCUT2D eigenvalue weighted by molar-refractivity contribution is 0.170. The fourth-order valence-corrected chi connectivity index (χ4v) is 3.39. The van der Waals surface area contributed by atoms with Crippen LogP contribution < -0.4 is 0 Å². The van der Waals surface area contributed by atoms with Crippen LogP contribution in [0.15, 0.2) is 27.1 Å². The molecular weight excluding hydrogens is 403 g/mol. The Morgan fingerprint density at radius 1 is 1.33 bits per heavy atom. The Hall–Kier alpha value is -0.720. The molecule has 0 aliphatic rings. The third kappa shape index (κ3) is 3.38. The van der Waals surface area contributed by atoms with Crippen LogP contribution in [0.3, 0.4) is 0 Å². The molecule has 0 spiro atoms. The lowest BCUT2D eigenvalue weighted by Gasteiger charge is -2.14. The van der Waals surface area contributed by atoms with Crippen molar-refractivity contribution in [3.8, 4) is 0 Å². The monoisotopic (exact) mass is 418 g/mol. The lowest BCUT2D eigenvalue weighted by atomic mass is 10.0. The van der Waals surface area contributed by atoms with Crippen molar-refractivity contribution in [2.24, 2.45) is 0 Å². The summed E-state index contributed by atoms with van der Waals surface area (Å²) in [6.07, 6.45) is 0.210. The summed E-state index contributed by atoms with van der Waals surface area (Å²) in [5.74, 6) is -0.417. The molecule has 0 amide bonds. The molecule has 114 valence electrons. The number of nitrogens with zero attached hydrogens (tertiary/aromatic N) is 2. The summed E-state index contributed by atoms with van der Waals surface area (Å²) < 4.78 is 17.2. The Morgan fingerprint density at radius 3 is 2.67 bits per heavy atom. The number of rotatable bonds is 5. The maximum atomic E-state index is 14.1. The number of aliphatic hydroxyl groups excluding tert-OH is 1. The highest BCUT2D eigenvalue weighted by Gasteiger charge is 2.21. The van der Waals surface area contributed by atoms with Gasteiger partial charge in [-0.25, -0.2) is 4.39 Å². The van der Waals surface area contributed by atoms with Crippen LogP contribution in [-0.4, -0.2) is 14.9 Å². The number of aliphatic hydroxyl groups is 1. The summed E-state index contributed by atoms with van der Waals surface area (Å²) >= 11 is 6.68. The quantitative estimate of drug-likeness (QED) is 0.779. The summed E-state index contributed by atoms with van der Waals surface area (Å²) in [5, 5.41) is 14.9. The third-order valence-electron chi connectivity index (χ3n) is 3.42. The molecule has 1 aromatic carbocycles. The fourth-order valence-electron chi connectivity index (χ4n) is 2.28. The first kappa shape index (κ1) is 16.6. The summed E-state index contributed by atoms with van der Waals surface area (Å²) in [4.78, 5) is 0. The second-order valence-corrected chi connectivity index (χ2v) is 6.39. The largest absolute Gasteiger partial charge is 0.388 e. The van der Waals surface area contributed by atoms with Crippen molar-refractivity contribution < 1.29 is 9.50 Å². The highest BCUT2D eigenvalue weighted by molar-refractivity contribution is 9.10. The molecule has 1 N–H and O–H groups in total. The molecule has 0 fully saturated rings. The van der Waals surface area contributed by atoms with Gasteiger partial charge < -0.3 is 5.11 Å². The van der Waals surface area contributed by atoms with E-state index < -0.39 is 11.9 Å². The van der Waals surface area contributed by atoms with E-state index in [0.29, 0.717) is 17.4 Å². The van der Waals surface area contributed by atoms with Crippen molar-refractivity contribution in [3.05, 3.63) is 49.9 Å². The van der Waals surface area contributed by atoms with Gasteiger partial charge in [-0.1, -0.05) is 19.1 Å². The van der Waals surface area contributed by atoms with Gasteiger partial charge in [-0.3, -0.25) is 4.68 Å². The average molecular weight is 420 g/mol. The first-order chi connectivity index (χ1) is 9.99. The van der Waals surface area contributed by atoms with Gasteiger partial charge in [0.25, 0.3) is 0 Å². The average Bonchev–Trinajstić information content (AvgIpc) is 2.78. The van der Waals surface area contributed by atoms with E-state index in [4.69, 9.17) is 0 Å². The second kappa shape index (κ2) is 7.03. The first-order valence-corrected chi connectivity index (χ1v) is 8.44. The number of hydrogen-bond donors (Lipinski definition) is 1. The van der Waals surface area contributed by atoms with Crippen molar-refractivity contribution in [1.29, 1.82) is 0 Å². The molecule has 0 radical (unpaired) electrons. The van der Waals surface area contributed by atoms with Gasteiger partial charge in [-0.05, 0) is 51.3 Å². The fraction of sp³-hybridized carbons (Fsp3) is 0.400. The van der Waals surface area contributed by atoms with E-state index in [9.17, 15) is 9.50 Å². The molecule has 6 heteroatoms. The number of halogens is 3. The summed E-state index contributed by atoms with van der Waals surface area (Å²) in [6.45, 7) is 4.73. The van der Waals surface area contributed by atoms with E-state index in [1.54, 1.807) is 18.2 Å². The normalized spacial score (nSPS) is 12.7. The van der Waals surface area contributed by atoms with Crippen LogP contribution in [0.2, 0.25) is 0 Å². The van der Waals surface area contributed by atoms with Gasteiger partial charge in [0.2, 0.25) is 0 Å². The summed E-state index contributed by atoms with van der Waals surface area (Å²) in [6, 6.07) is 4.94. The van der Waals surface area contributed by atoms with Gasteiger partial charge in [0.05, 0.1) is 26.4 Å². The van der Waals surface area contributed by atoms with Gasteiger partial charge in [-0.2, -0.15) is 5.10 Å². The molecule has 21 heavy (non-hydrogen) atoms. The molecular formula is C15H17Br2FN2O. The van der Waals surface area contributed by atoms with E-state index >= 15 is 0 Å². The Bertz CT molecular complexity index is 643. The zero-order valence-corrected chi connectivity index (χ0v) is 15.1. The number of benzene rings is 1. The van der Waals surface area contributed by atoms with Crippen molar-refractivity contribution in [2.75, 3.05) is 0 Å². The molecule has 0 saturated heterocycles. The highest BCUT2D eigenvalue weighted by atomic mass is 79.9. The highest BCUT2D eigenvalue weighted by Crippen LogP contribution is 2.30. The third-order valence-corrected chi connectivity index (χ3v) is 4.95. The Morgan fingerprint density at radius 2 is 2.05 bits per heavy atom. The van der Waals surface area contributed by atoms with Crippen LogP contribution in [-0.2, 0) is 19.4 Å². The zero-order valence-electron chi connectivity index (χ0n) is 11.9. The van der Waals surface area contributed by atoms with Crippen LogP contribution in [0.25, 0.3) is 0 Å². The van der Waals surface area contributed by atoms with Crippen LogP contribution in [0.5, 0.6) is 0 Å². The van der Waals surface area contributed by atoms with Crippen molar-refractivity contribution >= 4 is 31.9 Å². The maximum Gasteiger partial charge on any atom is 0.143 e. The second-order valence-electron chi connectivity index (χ2n) is 4.74. The molecule has 1 heterocycles. The molecule has 2 aromatic rings. The van der Waals surface area contributed by atoms with E-state index in [0.717, 1.165) is 22.3 Å². The van der Waals surface area contributed by atoms with Gasteiger partial charge in [0, 0.05) is 18.5 Å².